The Morgan fingerprint density at radius 1 is 1.26 bits per heavy atom. The molecule has 1 fully saturated rings. The quantitative estimate of drug-likeness (QED) is 0.847. The summed E-state index contributed by atoms with van der Waals surface area (Å²) in [6.45, 7) is 6.46. The maximum atomic E-state index is 6.00. The summed E-state index contributed by atoms with van der Waals surface area (Å²) in [5.74, 6) is 0.680. The molecule has 1 heterocycles. The zero-order chi connectivity index (χ0) is 13.5. The van der Waals surface area contributed by atoms with Gasteiger partial charge in [-0.2, -0.15) is 0 Å². The van der Waals surface area contributed by atoms with Crippen molar-refractivity contribution in [2.45, 2.75) is 51.7 Å². The topological polar surface area (TPSA) is 21.3 Å². The van der Waals surface area contributed by atoms with E-state index in [1.165, 1.54) is 18.4 Å². The fourth-order valence-electron chi connectivity index (χ4n) is 2.80. The van der Waals surface area contributed by atoms with E-state index in [9.17, 15) is 0 Å². The molecule has 0 spiro atoms. The van der Waals surface area contributed by atoms with Gasteiger partial charge in [-0.15, -0.1) is 0 Å². The molecule has 0 saturated carbocycles. The maximum Gasteiger partial charge on any atom is 0.0618 e. The van der Waals surface area contributed by atoms with Crippen molar-refractivity contribution < 1.29 is 4.74 Å². The molecule has 1 aliphatic rings. The normalized spacial score (nSPS) is 23.7. The van der Waals surface area contributed by atoms with Crippen molar-refractivity contribution in [3.63, 3.8) is 0 Å². The molecule has 1 saturated heterocycles. The highest BCUT2D eigenvalue weighted by atomic mass is 16.5. The second kappa shape index (κ2) is 7.66. The van der Waals surface area contributed by atoms with Crippen LogP contribution in [-0.4, -0.2) is 25.3 Å². The third kappa shape index (κ3) is 4.96. The Hall–Kier alpha value is -0.860. The SMILES string of the molecule is CC(C)NCC1CCCOC1CCc1ccccc1. The summed E-state index contributed by atoms with van der Waals surface area (Å²) >= 11 is 0. The molecule has 2 atom stereocenters. The molecule has 106 valence electrons. The number of nitrogens with one attached hydrogen (secondary N) is 1. The van der Waals surface area contributed by atoms with E-state index in [0.717, 1.165) is 26.0 Å². The van der Waals surface area contributed by atoms with Crippen molar-refractivity contribution in [2.24, 2.45) is 5.92 Å². The molecule has 1 aromatic rings. The van der Waals surface area contributed by atoms with Crippen molar-refractivity contribution in [1.29, 1.82) is 0 Å². The van der Waals surface area contributed by atoms with Crippen LogP contribution in [0.3, 0.4) is 0 Å². The predicted molar refractivity (Wildman–Crippen MR) is 80.4 cm³/mol. The third-order valence-corrected chi connectivity index (χ3v) is 3.93. The van der Waals surface area contributed by atoms with E-state index >= 15 is 0 Å². The molecule has 0 aromatic heterocycles. The molecule has 0 aliphatic carbocycles. The standard InChI is InChI=1S/C17H27NO/c1-14(2)18-13-16-9-6-12-19-17(16)11-10-15-7-4-3-5-8-15/h3-5,7-8,14,16-18H,6,9-13H2,1-2H3. The minimum Gasteiger partial charge on any atom is -0.378 e. The molecular formula is C17H27NO. The molecule has 1 N–H and O–H groups in total. The van der Waals surface area contributed by atoms with Crippen molar-refractivity contribution >= 4 is 0 Å². The molecule has 2 rings (SSSR count). The van der Waals surface area contributed by atoms with E-state index < -0.39 is 0 Å². The second-order valence-electron chi connectivity index (χ2n) is 5.90. The minimum absolute atomic E-state index is 0.431. The molecule has 19 heavy (non-hydrogen) atoms. The van der Waals surface area contributed by atoms with Gasteiger partial charge < -0.3 is 10.1 Å². The van der Waals surface area contributed by atoms with Gasteiger partial charge in [-0.25, -0.2) is 0 Å². The van der Waals surface area contributed by atoms with E-state index in [0.29, 0.717) is 18.1 Å². The van der Waals surface area contributed by atoms with Crippen LogP contribution in [0.4, 0.5) is 0 Å². The van der Waals surface area contributed by atoms with Gasteiger partial charge >= 0.3 is 0 Å². The zero-order valence-electron chi connectivity index (χ0n) is 12.3. The first-order valence-electron chi connectivity index (χ1n) is 7.64. The van der Waals surface area contributed by atoms with E-state index in [1.54, 1.807) is 0 Å². The van der Waals surface area contributed by atoms with Gasteiger partial charge in [0, 0.05) is 19.2 Å². The number of ether oxygens (including phenoxy) is 1. The lowest BCUT2D eigenvalue weighted by molar-refractivity contribution is -0.0303. The van der Waals surface area contributed by atoms with E-state index in [-0.39, 0.29) is 0 Å². The Bertz CT molecular complexity index is 350. The van der Waals surface area contributed by atoms with Gasteiger partial charge in [0.2, 0.25) is 0 Å². The fourth-order valence-corrected chi connectivity index (χ4v) is 2.80. The summed E-state index contributed by atoms with van der Waals surface area (Å²) in [5.41, 5.74) is 1.42. The van der Waals surface area contributed by atoms with Crippen LogP contribution >= 0.6 is 0 Å². The summed E-state index contributed by atoms with van der Waals surface area (Å²) < 4.78 is 6.00. The zero-order valence-corrected chi connectivity index (χ0v) is 12.3. The molecule has 1 aliphatic heterocycles. The smallest absolute Gasteiger partial charge is 0.0618 e. The Morgan fingerprint density at radius 3 is 2.79 bits per heavy atom. The van der Waals surface area contributed by atoms with Gasteiger partial charge in [0.25, 0.3) is 0 Å². The highest BCUT2D eigenvalue weighted by molar-refractivity contribution is 5.14. The molecule has 2 nitrogen and oxygen atoms in total. The average molecular weight is 261 g/mol. The van der Waals surface area contributed by atoms with E-state index in [1.807, 2.05) is 0 Å². The van der Waals surface area contributed by atoms with Gasteiger partial charge in [-0.3, -0.25) is 0 Å². The molecule has 0 amide bonds. The molecule has 2 unspecified atom stereocenters. The number of hydrogen-bond donors (Lipinski definition) is 1. The first-order valence-corrected chi connectivity index (χ1v) is 7.64. The van der Waals surface area contributed by atoms with Crippen molar-refractivity contribution in [3.8, 4) is 0 Å². The summed E-state index contributed by atoms with van der Waals surface area (Å²) in [4.78, 5) is 0. The Kier molecular flexibility index (Phi) is 5.87. The number of benzene rings is 1. The van der Waals surface area contributed by atoms with Gasteiger partial charge in [0.05, 0.1) is 6.10 Å². The van der Waals surface area contributed by atoms with Crippen LogP contribution in [0.1, 0.15) is 38.7 Å². The largest absolute Gasteiger partial charge is 0.378 e. The van der Waals surface area contributed by atoms with Crippen LogP contribution < -0.4 is 5.32 Å². The van der Waals surface area contributed by atoms with Gasteiger partial charge in [-0.05, 0) is 37.2 Å². The van der Waals surface area contributed by atoms with Crippen LogP contribution in [0.25, 0.3) is 0 Å². The van der Waals surface area contributed by atoms with E-state index in [2.05, 4.69) is 49.5 Å². The van der Waals surface area contributed by atoms with Gasteiger partial charge in [0.1, 0.15) is 0 Å². The lowest BCUT2D eigenvalue weighted by atomic mass is 9.90. The molecule has 0 radical (unpaired) electrons. The fraction of sp³-hybridized carbons (Fsp3) is 0.647. The summed E-state index contributed by atoms with van der Waals surface area (Å²) in [6, 6.07) is 11.3. The highest BCUT2D eigenvalue weighted by Gasteiger charge is 2.25. The second-order valence-corrected chi connectivity index (χ2v) is 5.90. The van der Waals surface area contributed by atoms with Crippen LogP contribution in [0.2, 0.25) is 0 Å². The van der Waals surface area contributed by atoms with Gasteiger partial charge in [0.15, 0.2) is 0 Å². The third-order valence-electron chi connectivity index (χ3n) is 3.93. The summed E-state index contributed by atoms with van der Waals surface area (Å²) in [5, 5.41) is 3.56. The van der Waals surface area contributed by atoms with Crippen molar-refractivity contribution in [1.82, 2.24) is 5.32 Å². The first kappa shape index (κ1) is 14.5. The van der Waals surface area contributed by atoms with Gasteiger partial charge in [-0.1, -0.05) is 44.2 Å². The lowest BCUT2D eigenvalue weighted by Gasteiger charge is -2.32. The average Bonchev–Trinajstić information content (AvgIpc) is 2.45. The predicted octanol–water partition coefficient (Wildman–Crippen LogP) is 3.41. The Morgan fingerprint density at radius 2 is 2.05 bits per heavy atom. The van der Waals surface area contributed by atoms with Crippen LogP contribution in [-0.2, 0) is 11.2 Å². The van der Waals surface area contributed by atoms with Crippen LogP contribution in [0.15, 0.2) is 30.3 Å². The van der Waals surface area contributed by atoms with E-state index in [4.69, 9.17) is 4.74 Å². The molecule has 0 bridgehead atoms. The monoisotopic (exact) mass is 261 g/mol. The Labute approximate surface area is 117 Å². The summed E-state index contributed by atoms with van der Waals surface area (Å²) in [6.07, 6.45) is 5.23. The highest BCUT2D eigenvalue weighted by Crippen LogP contribution is 2.24. The lowest BCUT2D eigenvalue weighted by Crippen LogP contribution is -2.39. The van der Waals surface area contributed by atoms with Crippen LogP contribution in [0.5, 0.6) is 0 Å². The van der Waals surface area contributed by atoms with Crippen LogP contribution in [0, 0.1) is 5.92 Å². The summed E-state index contributed by atoms with van der Waals surface area (Å²) in [7, 11) is 0. The Balaban J connectivity index is 1.82. The number of rotatable bonds is 6. The maximum absolute atomic E-state index is 6.00. The number of hydrogen-bond acceptors (Lipinski definition) is 2. The molecule has 1 aromatic carbocycles. The van der Waals surface area contributed by atoms with Crippen molar-refractivity contribution in [3.05, 3.63) is 35.9 Å². The molecular weight excluding hydrogens is 234 g/mol. The number of aryl methyl sites for hydroxylation is 1. The minimum atomic E-state index is 0.431. The van der Waals surface area contributed by atoms with Crippen molar-refractivity contribution in [2.75, 3.05) is 13.2 Å². The molecule has 2 heteroatoms. The first-order chi connectivity index (χ1) is 9.25.